The molecule has 19 heavy (non-hydrogen) atoms. The molecule has 0 spiro atoms. The first kappa shape index (κ1) is 14.0. The number of benzene rings is 1. The van der Waals surface area contributed by atoms with E-state index in [1.165, 1.54) is 17.8 Å². The maximum Gasteiger partial charge on any atom is 0.192 e. The Kier molecular flexibility index (Phi) is 4.17. The van der Waals surface area contributed by atoms with Crippen molar-refractivity contribution >= 4 is 11.8 Å². The van der Waals surface area contributed by atoms with Gasteiger partial charge in [0.05, 0.1) is 6.10 Å². The largest absolute Gasteiger partial charge is 0.389 e. The molecule has 1 aromatic heterocycles. The van der Waals surface area contributed by atoms with Crippen LogP contribution in [0.25, 0.3) is 0 Å². The molecule has 0 saturated carbocycles. The number of rotatable bonds is 3. The van der Waals surface area contributed by atoms with Crippen LogP contribution in [0.2, 0.25) is 0 Å². The van der Waals surface area contributed by atoms with E-state index in [-0.39, 0.29) is 5.56 Å². The predicted molar refractivity (Wildman–Crippen MR) is 72.7 cm³/mol. The van der Waals surface area contributed by atoms with Crippen LogP contribution in [0.1, 0.15) is 30.0 Å². The van der Waals surface area contributed by atoms with E-state index in [0.29, 0.717) is 10.1 Å². The van der Waals surface area contributed by atoms with Crippen LogP contribution in [0, 0.1) is 19.7 Å². The minimum absolute atomic E-state index is 0.287. The third-order valence-corrected chi connectivity index (χ3v) is 3.53. The molecular weight excluding hydrogens is 263 g/mol. The summed E-state index contributed by atoms with van der Waals surface area (Å²) in [4.78, 5) is 9.25. The molecule has 2 rings (SSSR count). The topological polar surface area (TPSA) is 46.0 Å². The van der Waals surface area contributed by atoms with Crippen LogP contribution in [0.15, 0.2) is 34.3 Å². The highest BCUT2D eigenvalue weighted by Gasteiger charge is 2.15. The molecule has 0 aliphatic carbocycles. The van der Waals surface area contributed by atoms with Gasteiger partial charge >= 0.3 is 0 Å². The molecule has 0 saturated heterocycles. The zero-order chi connectivity index (χ0) is 14.0. The maximum absolute atomic E-state index is 13.7. The van der Waals surface area contributed by atoms with Gasteiger partial charge in [-0.3, -0.25) is 0 Å². The zero-order valence-corrected chi connectivity index (χ0v) is 11.8. The highest BCUT2D eigenvalue weighted by molar-refractivity contribution is 7.99. The Hall–Kier alpha value is -1.46. The van der Waals surface area contributed by atoms with E-state index in [1.807, 2.05) is 19.9 Å². The molecule has 1 atom stereocenters. The van der Waals surface area contributed by atoms with Gasteiger partial charge in [0.1, 0.15) is 5.82 Å². The van der Waals surface area contributed by atoms with Crippen molar-refractivity contribution in [3.8, 4) is 0 Å². The highest BCUT2D eigenvalue weighted by Crippen LogP contribution is 2.33. The Morgan fingerprint density at radius 2 is 1.84 bits per heavy atom. The molecule has 100 valence electrons. The van der Waals surface area contributed by atoms with E-state index in [4.69, 9.17) is 0 Å². The third-order valence-electron chi connectivity index (χ3n) is 2.59. The van der Waals surface area contributed by atoms with Gasteiger partial charge in [0.2, 0.25) is 0 Å². The average Bonchev–Trinajstić information content (AvgIpc) is 2.26. The lowest BCUT2D eigenvalue weighted by molar-refractivity contribution is 0.191. The van der Waals surface area contributed by atoms with Crippen LogP contribution in [0.4, 0.5) is 4.39 Å². The van der Waals surface area contributed by atoms with Gasteiger partial charge in [-0.05, 0) is 50.7 Å². The minimum atomic E-state index is -0.866. The monoisotopic (exact) mass is 278 g/mol. The predicted octanol–water partition coefficient (Wildman–Crippen LogP) is 3.44. The van der Waals surface area contributed by atoms with E-state index >= 15 is 0 Å². The summed E-state index contributed by atoms with van der Waals surface area (Å²) in [7, 11) is 0. The number of hydrogen-bond donors (Lipinski definition) is 1. The average molecular weight is 278 g/mol. The van der Waals surface area contributed by atoms with Crippen LogP contribution in [0.5, 0.6) is 0 Å². The summed E-state index contributed by atoms with van der Waals surface area (Å²) in [5.74, 6) is -0.413. The Morgan fingerprint density at radius 1 is 1.21 bits per heavy atom. The fourth-order valence-corrected chi connectivity index (χ4v) is 2.95. The summed E-state index contributed by atoms with van der Waals surface area (Å²) < 4.78 is 13.7. The van der Waals surface area contributed by atoms with Crippen molar-refractivity contribution in [2.75, 3.05) is 0 Å². The number of aryl methyl sites for hydroxylation is 2. The van der Waals surface area contributed by atoms with Gasteiger partial charge in [-0.15, -0.1) is 0 Å². The van der Waals surface area contributed by atoms with Crippen molar-refractivity contribution in [1.82, 2.24) is 9.97 Å². The van der Waals surface area contributed by atoms with Gasteiger partial charge in [0, 0.05) is 21.8 Å². The fourth-order valence-electron chi connectivity index (χ4n) is 1.85. The van der Waals surface area contributed by atoms with Crippen molar-refractivity contribution in [3.63, 3.8) is 0 Å². The van der Waals surface area contributed by atoms with Crippen LogP contribution < -0.4 is 0 Å². The van der Waals surface area contributed by atoms with Crippen molar-refractivity contribution < 1.29 is 9.50 Å². The number of aromatic nitrogens is 2. The Labute approximate surface area is 115 Å². The van der Waals surface area contributed by atoms with Gasteiger partial charge in [-0.1, -0.05) is 6.07 Å². The van der Waals surface area contributed by atoms with E-state index in [2.05, 4.69) is 9.97 Å². The summed E-state index contributed by atoms with van der Waals surface area (Å²) in [5, 5.41) is 10.2. The van der Waals surface area contributed by atoms with Crippen molar-refractivity contribution in [2.45, 2.75) is 36.9 Å². The summed E-state index contributed by atoms with van der Waals surface area (Å²) in [5.41, 5.74) is 2.02. The molecule has 0 aliphatic heterocycles. The van der Waals surface area contributed by atoms with Gasteiger partial charge < -0.3 is 5.11 Å². The molecule has 0 unspecified atom stereocenters. The molecule has 3 nitrogen and oxygen atoms in total. The van der Waals surface area contributed by atoms with Crippen LogP contribution in [0.3, 0.4) is 0 Å². The number of halogens is 1. The Balaban J connectivity index is 2.40. The lowest BCUT2D eigenvalue weighted by Crippen LogP contribution is -1.99. The zero-order valence-electron chi connectivity index (χ0n) is 11.0. The second-order valence-corrected chi connectivity index (χ2v) is 5.37. The third kappa shape index (κ3) is 3.30. The molecule has 0 aliphatic rings. The first-order chi connectivity index (χ1) is 8.97. The Morgan fingerprint density at radius 3 is 2.42 bits per heavy atom. The van der Waals surface area contributed by atoms with Crippen molar-refractivity contribution in [1.29, 1.82) is 0 Å². The molecular formula is C14H15FN2OS. The minimum Gasteiger partial charge on any atom is -0.389 e. The second-order valence-electron chi connectivity index (χ2n) is 4.36. The number of hydrogen-bond acceptors (Lipinski definition) is 4. The van der Waals surface area contributed by atoms with Crippen LogP contribution in [-0.4, -0.2) is 15.1 Å². The second kappa shape index (κ2) is 5.67. The molecule has 0 bridgehead atoms. The lowest BCUT2D eigenvalue weighted by Gasteiger charge is -2.12. The number of aliphatic hydroxyl groups is 1. The molecule has 1 N–H and O–H groups in total. The smallest absolute Gasteiger partial charge is 0.192 e. The first-order valence-electron chi connectivity index (χ1n) is 5.94. The molecule has 0 amide bonds. The molecule has 0 radical (unpaired) electrons. The number of aliphatic hydroxyl groups excluding tert-OH is 1. The summed E-state index contributed by atoms with van der Waals surface area (Å²) in [6.45, 7) is 5.32. The molecule has 2 aromatic rings. The summed E-state index contributed by atoms with van der Waals surface area (Å²) >= 11 is 1.26. The summed E-state index contributed by atoms with van der Waals surface area (Å²) in [6.07, 6.45) is -0.866. The molecule has 5 heteroatoms. The Bertz CT molecular complexity index is 582. The van der Waals surface area contributed by atoms with Crippen LogP contribution >= 0.6 is 11.8 Å². The standard InChI is InChI=1S/C14H15FN2OS/c1-8-7-9(2)17-14(16-8)19-12-6-4-5-11(15)13(12)10(3)18/h4-7,10,18H,1-3H3/t10-/m1/s1. The first-order valence-corrected chi connectivity index (χ1v) is 6.75. The van der Waals surface area contributed by atoms with Crippen LogP contribution in [-0.2, 0) is 0 Å². The van der Waals surface area contributed by atoms with Crippen molar-refractivity contribution in [3.05, 3.63) is 47.0 Å². The molecule has 1 aromatic carbocycles. The van der Waals surface area contributed by atoms with E-state index in [9.17, 15) is 9.50 Å². The lowest BCUT2D eigenvalue weighted by atomic mass is 10.1. The van der Waals surface area contributed by atoms with E-state index in [1.54, 1.807) is 19.1 Å². The normalized spacial score (nSPS) is 12.5. The van der Waals surface area contributed by atoms with Gasteiger partial charge in [0.25, 0.3) is 0 Å². The van der Waals surface area contributed by atoms with Gasteiger partial charge in [-0.2, -0.15) is 0 Å². The van der Waals surface area contributed by atoms with Crippen molar-refractivity contribution in [2.24, 2.45) is 0 Å². The van der Waals surface area contributed by atoms with Gasteiger partial charge in [0.15, 0.2) is 5.16 Å². The molecule has 0 fully saturated rings. The molecule has 1 heterocycles. The highest BCUT2D eigenvalue weighted by atomic mass is 32.2. The van der Waals surface area contributed by atoms with E-state index < -0.39 is 11.9 Å². The number of nitrogens with zero attached hydrogens (tertiary/aromatic N) is 2. The van der Waals surface area contributed by atoms with Gasteiger partial charge in [-0.25, -0.2) is 14.4 Å². The maximum atomic E-state index is 13.7. The fraction of sp³-hybridized carbons (Fsp3) is 0.286. The quantitative estimate of drug-likeness (QED) is 0.874. The van der Waals surface area contributed by atoms with E-state index in [0.717, 1.165) is 11.4 Å². The SMILES string of the molecule is Cc1cc(C)nc(Sc2cccc(F)c2[C@@H](C)O)n1. The summed E-state index contributed by atoms with van der Waals surface area (Å²) in [6, 6.07) is 6.60.